The predicted molar refractivity (Wildman–Crippen MR) is 39.6 cm³/mol. The Morgan fingerprint density at radius 1 is 1.33 bits per heavy atom. The molecular formula is C3H8F3NO3S2. The molecule has 0 bridgehead atoms. The average Bonchev–Trinajstić information content (AvgIpc) is 1.55. The molecule has 0 amide bonds. The summed E-state index contributed by atoms with van der Waals surface area (Å²) in [5.41, 5.74) is -5.65. The topological polar surface area (TPSA) is 60.4 Å². The highest BCUT2D eigenvalue weighted by molar-refractivity contribution is 7.86. The SMILES string of the molecule is CN(C)[SH2+].O=S(=O)([O-])C(F)(F)F. The van der Waals surface area contributed by atoms with E-state index in [4.69, 9.17) is 13.0 Å². The van der Waals surface area contributed by atoms with Crippen molar-refractivity contribution in [2.24, 2.45) is 0 Å². The zero-order chi connectivity index (χ0) is 10.6. The molecule has 12 heavy (non-hydrogen) atoms. The molecule has 0 fully saturated rings. The van der Waals surface area contributed by atoms with Gasteiger partial charge in [-0.15, -0.1) is 4.31 Å². The van der Waals surface area contributed by atoms with Crippen LogP contribution in [0.15, 0.2) is 0 Å². The zero-order valence-electron chi connectivity index (χ0n) is 6.21. The van der Waals surface area contributed by atoms with Crippen LogP contribution >= 0.6 is 0 Å². The summed E-state index contributed by atoms with van der Waals surface area (Å²) in [6.45, 7) is 0. The summed E-state index contributed by atoms with van der Waals surface area (Å²) in [6.07, 6.45) is 0. The van der Waals surface area contributed by atoms with Gasteiger partial charge in [-0.25, -0.2) is 8.42 Å². The number of hydrogen-bond donors (Lipinski definition) is 0. The molecule has 0 aromatic heterocycles. The van der Waals surface area contributed by atoms with E-state index in [1.54, 1.807) is 4.31 Å². The van der Waals surface area contributed by atoms with Gasteiger partial charge in [-0.3, -0.25) is 0 Å². The third kappa shape index (κ3) is 10.0. The summed E-state index contributed by atoms with van der Waals surface area (Å²) in [4.78, 5) is 0. The van der Waals surface area contributed by atoms with Gasteiger partial charge in [0.1, 0.15) is 0 Å². The quantitative estimate of drug-likeness (QED) is 0.319. The standard InChI is InChI=1S/C2H7NS.CHF3O3S/c1-3(2)4;2-1(3,4)8(5,6)7/h4H,1-2H3;(H,5,6,7). The molecule has 0 rings (SSSR count). The molecule has 0 aliphatic rings. The summed E-state index contributed by atoms with van der Waals surface area (Å²) < 4.78 is 60.7. The molecule has 0 aliphatic heterocycles. The van der Waals surface area contributed by atoms with Crippen molar-refractivity contribution in [3.8, 4) is 0 Å². The van der Waals surface area contributed by atoms with E-state index in [2.05, 4.69) is 12.8 Å². The molecule has 0 atom stereocenters. The van der Waals surface area contributed by atoms with Gasteiger partial charge in [-0.1, -0.05) is 0 Å². The number of rotatable bonds is 0. The molecule has 76 valence electrons. The van der Waals surface area contributed by atoms with Crippen molar-refractivity contribution in [3.63, 3.8) is 0 Å². The summed E-state index contributed by atoms with van der Waals surface area (Å²) >= 11 is 3.15. The van der Waals surface area contributed by atoms with Crippen LogP contribution in [-0.4, -0.2) is 36.9 Å². The summed E-state index contributed by atoms with van der Waals surface area (Å²) in [7, 11) is -2.26. The lowest BCUT2D eigenvalue weighted by atomic mass is 11.3. The molecule has 0 saturated heterocycles. The maximum atomic E-state index is 10.7. The third-order valence-corrected chi connectivity index (χ3v) is 0.850. The first-order valence-electron chi connectivity index (χ1n) is 2.39. The molecule has 0 spiro atoms. The van der Waals surface area contributed by atoms with Gasteiger partial charge in [0.05, 0.1) is 0 Å². The van der Waals surface area contributed by atoms with Gasteiger partial charge in [0.15, 0.2) is 10.1 Å². The first-order chi connectivity index (χ1) is 4.98. The smallest absolute Gasteiger partial charge is 0.485 e. The van der Waals surface area contributed by atoms with Crippen LogP contribution in [0.3, 0.4) is 0 Å². The van der Waals surface area contributed by atoms with Gasteiger partial charge in [0.2, 0.25) is 0 Å². The summed E-state index contributed by atoms with van der Waals surface area (Å²) in [6, 6.07) is 0. The molecule has 0 heterocycles. The first-order valence-corrected chi connectivity index (χ1v) is 4.24. The van der Waals surface area contributed by atoms with Gasteiger partial charge >= 0.3 is 5.51 Å². The Labute approximate surface area is 73.7 Å². The highest BCUT2D eigenvalue weighted by Gasteiger charge is 2.36. The van der Waals surface area contributed by atoms with E-state index >= 15 is 0 Å². The molecule has 4 nitrogen and oxygen atoms in total. The Bertz CT molecular complexity index is 207. The number of alkyl halides is 3. The minimum absolute atomic E-state index is 1.81. The molecule has 0 aliphatic carbocycles. The fourth-order valence-corrected chi connectivity index (χ4v) is 0. The van der Waals surface area contributed by atoms with E-state index in [0.717, 1.165) is 0 Å². The minimum Gasteiger partial charge on any atom is -0.741 e. The van der Waals surface area contributed by atoms with Crippen LogP contribution in [0.2, 0.25) is 0 Å². The van der Waals surface area contributed by atoms with E-state index in [9.17, 15) is 13.2 Å². The Balaban J connectivity index is 0. The van der Waals surface area contributed by atoms with Crippen molar-refractivity contribution in [1.82, 2.24) is 4.31 Å². The average molecular weight is 227 g/mol. The van der Waals surface area contributed by atoms with Crippen molar-refractivity contribution in [3.05, 3.63) is 0 Å². The van der Waals surface area contributed by atoms with Crippen molar-refractivity contribution in [2.45, 2.75) is 5.51 Å². The summed E-state index contributed by atoms with van der Waals surface area (Å²) in [5, 5.41) is 0. The maximum absolute atomic E-state index is 10.7. The van der Waals surface area contributed by atoms with Crippen molar-refractivity contribution >= 4 is 22.9 Å². The third-order valence-electron chi connectivity index (χ3n) is 0.283. The molecule has 0 unspecified atom stereocenters. The molecule has 9 heteroatoms. The van der Waals surface area contributed by atoms with Gasteiger partial charge in [-0.05, 0) is 0 Å². The molecule has 0 radical (unpaired) electrons. The van der Waals surface area contributed by atoms with E-state index in [0.29, 0.717) is 0 Å². The van der Waals surface area contributed by atoms with E-state index in [-0.39, 0.29) is 0 Å². The van der Waals surface area contributed by atoms with Crippen LogP contribution in [0.5, 0.6) is 0 Å². The largest absolute Gasteiger partial charge is 0.741 e. The lowest BCUT2D eigenvalue weighted by molar-refractivity contribution is -0.0517. The predicted octanol–water partition coefficient (Wildman–Crippen LogP) is -0.474. The van der Waals surface area contributed by atoms with Crippen molar-refractivity contribution in [2.75, 3.05) is 14.1 Å². The van der Waals surface area contributed by atoms with Gasteiger partial charge in [0, 0.05) is 26.9 Å². The Morgan fingerprint density at radius 3 is 1.42 bits per heavy atom. The van der Waals surface area contributed by atoms with E-state index < -0.39 is 15.6 Å². The maximum Gasteiger partial charge on any atom is 0.485 e. The fourth-order valence-electron chi connectivity index (χ4n) is 0. The van der Waals surface area contributed by atoms with Crippen molar-refractivity contribution in [1.29, 1.82) is 0 Å². The first kappa shape index (κ1) is 14.5. The highest BCUT2D eigenvalue weighted by atomic mass is 32.2. The molecule has 0 aromatic rings. The number of halogens is 3. The monoisotopic (exact) mass is 227 g/mol. The fraction of sp³-hybridized carbons (Fsp3) is 1.00. The number of nitrogens with zero attached hydrogens (tertiary/aromatic N) is 1. The number of hydrogen-bond acceptors (Lipinski definition) is 4. The Hall–Kier alpha value is 0.01000. The molecular weight excluding hydrogens is 219 g/mol. The lowest BCUT2D eigenvalue weighted by Gasteiger charge is -2.08. The van der Waals surface area contributed by atoms with Crippen LogP contribution in [0.25, 0.3) is 0 Å². The van der Waals surface area contributed by atoms with Crippen LogP contribution in [-0.2, 0) is 22.9 Å². The lowest BCUT2D eigenvalue weighted by Crippen LogP contribution is -2.21. The second-order valence-electron chi connectivity index (χ2n) is 1.79. The molecule has 0 N–H and O–H groups in total. The zero-order valence-corrected chi connectivity index (χ0v) is 8.03. The normalized spacial score (nSPS) is 12.3. The highest BCUT2D eigenvalue weighted by Crippen LogP contribution is 2.20. The molecule has 0 aromatic carbocycles. The van der Waals surface area contributed by atoms with Crippen molar-refractivity contribution < 1.29 is 26.1 Å². The van der Waals surface area contributed by atoms with Crippen LogP contribution < -0.4 is 0 Å². The van der Waals surface area contributed by atoms with Crippen LogP contribution in [0.4, 0.5) is 13.2 Å². The second kappa shape index (κ2) is 4.90. The van der Waals surface area contributed by atoms with E-state index in [1.807, 2.05) is 14.1 Å². The van der Waals surface area contributed by atoms with E-state index in [1.165, 1.54) is 0 Å². The van der Waals surface area contributed by atoms with Gasteiger partial charge < -0.3 is 4.55 Å². The summed E-state index contributed by atoms with van der Waals surface area (Å²) in [5.74, 6) is 0. The Kier molecular flexibility index (Phi) is 5.93. The van der Waals surface area contributed by atoms with Crippen LogP contribution in [0.1, 0.15) is 0 Å². The van der Waals surface area contributed by atoms with Gasteiger partial charge in [-0.2, -0.15) is 13.2 Å². The second-order valence-corrected chi connectivity index (χ2v) is 4.06. The molecule has 0 saturated carbocycles. The Morgan fingerprint density at radius 2 is 1.42 bits per heavy atom. The minimum atomic E-state index is -6.09. The van der Waals surface area contributed by atoms with Gasteiger partial charge in [0.25, 0.3) is 0 Å². The van der Waals surface area contributed by atoms with Crippen LogP contribution in [0, 0.1) is 0 Å².